The fourth-order valence-electron chi connectivity index (χ4n) is 5.65. The van der Waals surface area contributed by atoms with Crippen LogP contribution in [0.5, 0.6) is 0 Å². The van der Waals surface area contributed by atoms with E-state index in [9.17, 15) is 14.9 Å². The molecule has 0 saturated heterocycles. The van der Waals surface area contributed by atoms with E-state index in [4.69, 9.17) is 9.41 Å². The van der Waals surface area contributed by atoms with E-state index in [0.717, 1.165) is 40.8 Å². The van der Waals surface area contributed by atoms with Gasteiger partial charge in [-0.25, -0.2) is 4.99 Å². The van der Waals surface area contributed by atoms with E-state index in [1.165, 1.54) is 29.0 Å². The van der Waals surface area contributed by atoms with Gasteiger partial charge >= 0.3 is 0 Å². The molecule has 0 radical (unpaired) electrons. The molecule has 2 aromatic heterocycles. The first kappa shape index (κ1) is 24.2. The van der Waals surface area contributed by atoms with E-state index in [2.05, 4.69) is 30.3 Å². The van der Waals surface area contributed by atoms with Crippen LogP contribution in [0, 0.1) is 17.0 Å². The summed E-state index contributed by atoms with van der Waals surface area (Å²) in [4.78, 5) is 30.5. The Hall–Kier alpha value is -4.82. The molecule has 3 aromatic carbocycles. The number of allylic oxidation sites excluding steroid dienone is 1. The van der Waals surface area contributed by atoms with Gasteiger partial charge < -0.3 is 4.42 Å². The number of aromatic nitrogens is 1. The fourth-order valence-corrected chi connectivity index (χ4v) is 6.63. The summed E-state index contributed by atoms with van der Waals surface area (Å²) in [6, 6.07) is 26.5. The van der Waals surface area contributed by atoms with E-state index < -0.39 is 4.92 Å². The number of furan rings is 1. The maximum absolute atomic E-state index is 13.9. The van der Waals surface area contributed by atoms with Gasteiger partial charge in [-0.05, 0) is 54.2 Å². The molecule has 5 aromatic rings. The molecule has 0 fully saturated rings. The molecule has 0 amide bonds. The Morgan fingerprint density at radius 2 is 1.80 bits per heavy atom. The first-order valence-corrected chi connectivity index (χ1v) is 13.8. The molecule has 0 bridgehead atoms. The number of nitrogens with zero attached hydrogens (tertiary/aromatic N) is 3. The molecule has 40 heavy (non-hydrogen) atoms. The molecule has 0 saturated carbocycles. The Bertz CT molecular complexity index is 2030. The molecule has 1 aliphatic heterocycles. The average Bonchev–Trinajstić information content (AvgIpc) is 3.56. The van der Waals surface area contributed by atoms with Crippen molar-refractivity contribution in [2.45, 2.75) is 25.8 Å². The lowest BCUT2D eigenvalue weighted by molar-refractivity contribution is -0.384. The predicted molar refractivity (Wildman–Crippen MR) is 155 cm³/mol. The van der Waals surface area contributed by atoms with Crippen LogP contribution < -0.4 is 14.9 Å². The summed E-state index contributed by atoms with van der Waals surface area (Å²) in [5, 5.41) is 11.3. The number of fused-ring (bicyclic) bond motifs is 3. The second-order valence-corrected chi connectivity index (χ2v) is 11.0. The summed E-state index contributed by atoms with van der Waals surface area (Å²) in [7, 11) is 0. The SMILES string of the molecule is Cc1ccc([N+](=O)[O-])cc1-c1ccc(/C=c2\sc3n(c2=O)[C@@H](c2ccccc2)C2=C(N=3)c3ccccc3CC2)o1. The van der Waals surface area contributed by atoms with Gasteiger partial charge in [0.1, 0.15) is 11.5 Å². The van der Waals surface area contributed by atoms with Crippen LogP contribution in [-0.2, 0) is 6.42 Å². The molecule has 196 valence electrons. The Balaban J connectivity index is 1.38. The Labute approximate surface area is 232 Å². The van der Waals surface area contributed by atoms with Crippen molar-refractivity contribution in [2.75, 3.05) is 0 Å². The van der Waals surface area contributed by atoms with Crippen LogP contribution in [0.1, 0.15) is 40.5 Å². The highest BCUT2D eigenvalue weighted by atomic mass is 32.1. The highest BCUT2D eigenvalue weighted by Crippen LogP contribution is 2.41. The van der Waals surface area contributed by atoms with E-state index in [-0.39, 0.29) is 17.3 Å². The van der Waals surface area contributed by atoms with Crippen LogP contribution >= 0.6 is 11.3 Å². The van der Waals surface area contributed by atoms with Gasteiger partial charge in [0, 0.05) is 29.3 Å². The number of nitro groups is 1. The number of rotatable bonds is 4. The zero-order valence-corrected chi connectivity index (χ0v) is 22.4. The van der Waals surface area contributed by atoms with Gasteiger partial charge in [-0.2, -0.15) is 0 Å². The van der Waals surface area contributed by atoms with E-state index in [1.54, 1.807) is 24.3 Å². The van der Waals surface area contributed by atoms with Gasteiger partial charge in [-0.15, -0.1) is 0 Å². The smallest absolute Gasteiger partial charge is 0.271 e. The largest absolute Gasteiger partial charge is 0.457 e. The topological polar surface area (TPSA) is 90.6 Å². The molecular weight excluding hydrogens is 522 g/mol. The molecule has 8 heteroatoms. The van der Waals surface area contributed by atoms with Crippen molar-refractivity contribution in [1.82, 2.24) is 4.57 Å². The average molecular weight is 546 g/mol. The molecule has 2 aliphatic rings. The number of non-ortho nitro benzene ring substituents is 1. The lowest BCUT2D eigenvalue weighted by Gasteiger charge is -2.30. The molecule has 0 unspecified atom stereocenters. The van der Waals surface area contributed by atoms with E-state index in [0.29, 0.717) is 26.4 Å². The van der Waals surface area contributed by atoms with Crippen molar-refractivity contribution in [3.63, 3.8) is 0 Å². The third-order valence-corrected chi connectivity index (χ3v) is 8.57. The molecule has 7 rings (SSSR count). The number of thiazole rings is 1. The summed E-state index contributed by atoms with van der Waals surface area (Å²) in [6.45, 7) is 1.88. The normalized spacial score (nSPS) is 16.2. The van der Waals surface area contributed by atoms with Crippen LogP contribution in [0.15, 0.2) is 105 Å². The molecule has 1 aliphatic carbocycles. The maximum Gasteiger partial charge on any atom is 0.271 e. The Morgan fingerprint density at radius 3 is 2.62 bits per heavy atom. The monoisotopic (exact) mass is 545 g/mol. The second-order valence-electron chi connectivity index (χ2n) is 9.98. The van der Waals surface area contributed by atoms with E-state index in [1.807, 2.05) is 35.8 Å². The zero-order valence-electron chi connectivity index (χ0n) is 21.5. The molecule has 1 atom stereocenters. The van der Waals surface area contributed by atoms with Gasteiger partial charge in [0.25, 0.3) is 11.2 Å². The maximum atomic E-state index is 13.9. The molecule has 7 nitrogen and oxygen atoms in total. The van der Waals surface area contributed by atoms with Crippen LogP contribution in [0.25, 0.3) is 23.1 Å². The minimum Gasteiger partial charge on any atom is -0.457 e. The minimum absolute atomic E-state index is 0.00156. The predicted octanol–water partition coefficient (Wildman–Crippen LogP) is 5.80. The lowest BCUT2D eigenvalue weighted by atomic mass is 9.83. The standard InChI is InChI=1S/C32H23N3O4S/c1-19-11-13-22(35(37)38)17-26(19)27-16-14-23(39-27)18-28-31(36)34-30(21-8-3-2-4-9-21)25-15-12-20-7-5-6-10-24(20)29(25)33-32(34)40-28/h2-11,13-14,16-18,30H,12,15H2,1H3/b28-18-/t30-/m0/s1. The summed E-state index contributed by atoms with van der Waals surface area (Å²) in [5.74, 6) is 1.01. The first-order valence-electron chi connectivity index (χ1n) is 13.0. The molecule has 0 spiro atoms. The summed E-state index contributed by atoms with van der Waals surface area (Å²) < 4.78 is 8.40. The van der Waals surface area contributed by atoms with Crippen molar-refractivity contribution in [1.29, 1.82) is 0 Å². The van der Waals surface area contributed by atoms with Gasteiger partial charge in [0.15, 0.2) is 4.80 Å². The van der Waals surface area contributed by atoms with Crippen LogP contribution in [0.4, 0.5) is 5.69 Å². The quantitative estimate of drug-likeness (QED) is 0.211. The van der Waals surface area contributed by atoms with Crippen molar-refractivity contribution >= 4 is 28.8 Å². The summed E-state index contributed by atoms with van der Waals surface area (Å²) in [5.41, 5.74) is 6.96. The third kappa shape index (κ3) is 3.96. The molecular formula is C32H23N3O4S. The summed E-state index contributed by atoms with van der Waals surface area (Å²) in [6.07, 6.45) is 3.48. The molecule has 3 heterocycles. The Morgan fingerprint density at radius 1 is 1.00 bits per heavy atom. The zero-order chi connectivity index (χ0) is 27.4. The van der Waals surface area contributed by atoms with Crippen molar-refractivity contribution in [3.8, 4) is 11.3 Å². The van der Waals surface area contributed by atoms with Gasteiger partial charge in [0.05, 0.1) is 21.2 Å². The van der Waals surface area contributed by atoms with Crippen molar-refractivity contribution < 1.29 is 9.34 Å². The molecule has 0 N–H and O–H groups in total. The van der Waals surface area contributed by atoms with Gasteiger partial charge in [-0.1, -0.05) is 72.0 Å². The van der Waals surface area contributed by atoms with Crippen LogP contribution in [0.2, 0.25) is 0 Å². The number of aryl methyl sites for hydroxylation is 2. The highest BCUT2D eigenvalue weighted by Gasteiger charge is 2.32. The first-order chi connectivity index (χ1) is 19.5. The lowest BCUT2D eigenvalue weighted by Crippen LogP contribution is -2.38. The second kappa shape index (κ2) is 9.43. The number of nitro benzene ring substituents is 1. The highest BCUT2D eigenvalue weighted by molar-refractivity contribution is 7.07. The van der Waals surface area contributed by atoms with Crippen LogP contribution in [-0.4, -0.2) is 9.49 Å². The number of hydrogen-bond donors (Lipinski definition) is 0. The van der Waals surface area contributed by atoms with Crippen LogP contribution in [0.3, 0.4) is 0 Å². The Kier molecular flexibility index (Phi) is 5.71. The number of benzene rings is 3. The van der Waals surface area contributed by atoms with Crippen molar-refractivity contribution in [3.05, 3.63) is 148 Å². The third-order valence-electron chi connectivity index (χ3n) is 7.59. The minimum atomic E-state index is -0.422. The van der Waals surface area contributed by atoms with Crippen molar-refractivity contribution in [2.24, 2.45) is 4.99 Å². The number of hydrogen-bond acceptors (Lipinski definition) is 6. The van der Waals surface area contributed by atoms with Gasteiger partial charge in [-0.3, -0.25) is 19.5 Å². The summed E-state index contributed by atoms with van der Waals surface area (Å²) >= 11 is 1.34. The van der Waals surface area contributed by atoms with Gasteiger partial charge in [0.2, 0.25) is 0 Å². The fraction of sp³-hybridized carbons (Fsp3) is 0.125. The van der Waals surface area contributed by atoms with E-state index >= 15 is 0 Å².